The molecule has 0 radical (unpaired) electrons. The molecule has 1 saturated heterocycles. The molecule has 3 aliphatic carbocycles. The molecule has 5 unspecified atom stereocenters. The zero-order valence-corrected chi connectivity index (χ0v) is 24.9. The summed E-state index contributed by atoms with van der Waals surface area (Å²) in [6.07, 6.45) is 3.43. The first kappa shape index (κ1) is 28.3. The number of nitrogens with one attached hydrogen (secondary N) is 3. The highest BCUT2D eigenvalue weighted by Gasteiger charge is 2.56. The van der Waals surface area contributed by atoms with Gasteiger partial charge in [-0.05, 0) is 91.3 Å². The number of fused-ring (bicyclic) bond motifs is 2. The number of benzene rings is 2. The predicted octanol–water partition coefficient (Wildman–Crippen LogP) is 6.70. The van der Waals surface area contributed by atoms with E-state index in [2.05, 4.69) is 48.5 Å². The number of carbonyl (C=O) groups is 1. The molecule has 0 spiro atoms. The molecule has 2 bridgehead atoms. The van der Waals surface area contributed by atoms with Crippen LogP contribution in [0.25, 0.3) is 0 Å². The number of amides is 1. The van der Waals surface area contributed by atoms with Crippen molar-refractivity contribution in [3.63, 3.8) is 0 Å². The van der Waals surface area contributed by atoms with Gasteiger partial charge < -0.3 is 20.9 Å². The maximum absolute atomic E-state index is 12.6. The van der Waals surface area contributed by atoms with Gasteiger partial charge in [0.2, 0.25) is 5.91 Å². The number of piperazine rings is 1. The third-order valence-corrected chi connectivity index (χ3v) is 9.92. The van der Waals surface area contributed by atoms with E-state index in [-0.39, 0.29) is 5.91 Å². The van der Waals surface area contributed by atoms with Gasteiger partial charge in [-0.25, -0.2) is 4.99 Å². The van der Waals surface area contributed by atoms with Crippen molar-refractivity contribution in [3.05, 3.63) is 58.1 Å². The smallest absolute Gasteiger partial charge is 0.224 e. The zero-order chi connectivity index (χ0) is 27.7. The second-order valence-electron chi connectivity index (χ2n) is 12.3. The van der Waals surface area contributed by atoms with Gasteiger partial charge in [0.05, 0.1) is 6.04 Å². The van der Waals surface area contributed by atoms with E-state index in [1.807, 2.05) is 30.3 Å². The maximum Gasteiger partial charge on any atom is 0.224 e. The van der Waals surface area contributed by atoms with Crippen LogP contribution in [0.4, 0.5) is 11.4 Å². The fourth-order valence-electron chi connectivity index (χ4n) is 6.73. The van der Waals surface area contributed by atoms with E-state index < -0.39 is 0 Å². The van der Waals surface area contributed by atoms with Crippen LogP contribution in [0.1, 0.15) is 52.5 Å². The molecule has 0 aromatic heterocycles. The number of rotatable bonds is 6. The van der Waals surface area contributed by atoms with E-state index in [4.69, 9.17) is 28.2 Å². The lowest BCUT2D eigenvalue weighted by molar-refractivity contribution is -0.116. The molecule has 1 aliphatic heterocycles. The fraction of sp³-hybridized carbons (Fsp3) is 0.548. The van der Waals surface area contributed by atoms with Gasteiger partial charge in [-0.3, -0.25) is 4.79 Å². The molecule has 1 heterocycles. The van der Waals surface area contributed by atoms with Crippen LogP contribution in [0.5, 0.6) is 0 Å². The van der Waals surface area contributed by atoms with Gasteiger partial charge in [0.15, 0.2) is 5.96 Å². The predicted molar refractivity (Wildman–Crippen MR) is 163 cm³/mol. The summed E-state index contributed by atoms with van der Waals surface area (Å²) in [5, 5.41) is 11.4. The van der Waals surface area contributed by atoms with Crippen LogP contribution in [0, 0.1) is 23.2 Å². The average Bonchev–Trinajstić information content (AvgIpc) is 2.89. The van der Waals surface area contributed by atoms with Crippen LogP contribution in [-0.2, 0) is 11.2 Å². The number of aliphatic imine (C=N–C) groups is 1. The summed E-state index contributed by atoms with van der Waals surface area (Å²) >= 11 is 12.2. The van der Waals surface area contributed by atoms with E-state index in [0.717, 1.165) is 54.4 Å². The van der Waals surface area contributed by atoms with E-state index >= 15 is 0 Å². The van der Waals surface area contributed by atoms with Gasteiger partial charge in [-0.15, -0.1) is 0 Å². The number of nitrogens with zero attached hydrogens (tertiary/aromatic N) is 2. The lowest BCUT2D eigenvalue weighted by atomic mass is 9.45. The zero-order valence-electron chi connectivity index (χ0n) is 23.4. The molecule has 5 atom stereocenters. The minimum Gasteiger partial charge on any atom is -0.340 e. The van der Waals surface area contributed by atoms with Crippen molar-refractivity contribution >= 4 is 46.4 Å². The fourth-order valence-corrected chi connectivity index (χ4v) is 7.23. The molecular weight excluding hydrogens is 529 g/mol. The third-order valence-electron chi connectivity index (χ3n) is 9.33. The molecular formula is C31H41Cl2N5O. The van der Waals surface area contributed by atoms with E-state index in [9.17, 15) is 4.79 Å². The van der Waals surface area contributed by atoms with Crippen molar-refractivity contribution in [2.75, 3.05) is 30.3 Å². The normalized spacial score (nSPS) is 28.0. The Kier molecular flexibility index (Phi) is 8.46. The van der Waals surface area contributed by atoms with Crippen LogP contribution >= 0.6 is 23.2 Å². The maximum atomic E-state index is 12.6. The molecule has 210 valence electrons. The molecule has 2 aromatic carbocycles. The second-order valence-corrected chi connectivity index (χ2v) is 13.1. The number of aryl methyl sites for hydroxylation is 1. The third kappa shape index (κ3) is 6.39. The Morgan fingerprint density at radius 1 is 1.08 bits per heavy atom. The average molecular weight is 571 g/mol. The van der Waals surface area contributed by atoms with E-state index in [0.29, 0.717) is 46.3 Å². The van der Waals surface area contributed by atoms with Crippen LogP contribution in [0.3, 0.4) is 0 Å². The van der Waals surface area contributed by atoms with Crippen molar-refractivity contribution in [1.82, 2.24) is 10.2 Å². The Hall–Kier alpha value is -2.28. The molecule has 3 N–H and O–H groups in total. The number of hydrogen-bond donors (Lipinski definition) is 3. The van der Waals surface area contributed by atoms with E-state index in [1.54, 1.807) is 12.1 Å². The van der Waals surface area contributed by atoms with Gasteiger partial charge in [0.25, 0.3) is 0 Å². The van der Waals surface area contributed by atoms with Crippen molar-refractivity contribution in [1.29, 1.82) is 0 Å². The standard InChI is InChI=1S/C31H41Cl2N5O/c1-19-18-38(14-13-34-19)30(37-28-16-22-15-26(20(28)2)31(22,3)4)36-25-10-8-24(9-11-25)35-29(39)12-6-21-5-7-23(32)17-27(21)33/h5,7-11,17,19-20,22,26,28,34H,6,12-16,18H2,1-4H3,(H,35,39)(H,36,37). The number of anilines is 2. The Morgan fingerprint density at radius 2 is 1.79 bits per heavy atom. The Balaban J connectivity index is 1.23. The topological polar surface area (TPSA) is 68.8 Å². The lowest BCUT2D eigenvalue weighted by Gasteiger charge is -2.61. The van der Waals surface area contributed by atoms with Crippen LogP contribution < -0.4 is 16.0 Å². The lowest BCUT2D eigenvalue weighted by Crippen LogP contribution is -2.57. The Labute approximate surface area is 242 Å². The summed E-state index contributed by atoms with van der Waals surface area (Å²) in [4.78, 5) is 20.3. The monoisotopic (exact) mass is 569 g/mol. The van der Waals surface area contributed by atoms with Crippen LogP contribution in [0.15, 0.2) is 47.5 Å². The number of halogens is 2. The van der Waals surface area contributed by atoms with Crippen LogP contribution in [-0.4, -0.2) is 48.5 Å². The quantitative estimate of drug-likeness (QED) is 0.267. The van der Waals surface area contributed by atoms with Gasteiger partial charge in [0.1, 0.15) is 0 Å². The number of carbonyl (C=O) groups excluding carboxylic acids is 1. The molecule has 6 rings (SSSR count). The first-order valence-electron chi connectivity index (χ1n) is 14.3. The summed E-state index contributed by atoms with van der Waals surface area (Å²) in [6, 6.07) is 14.0. The highest BCUT2D eigenvalue weighted by molar-refractivity contribution is 6.35. The summed E-state index contributed by atoms with van der Waals surface area (Å²) in [7, 11) is 0. The number of hydrogen-bond acceptors (Lipinski definition) is 3. The Bertz CT molecular complexity index is 1210. The molecule has 2 aromatic rings. The van der Waals surface area contributed by atoms with Crippen molar-refractivity contribution in [2.45, 2.75) is 65.5 Å². The summed E-state index contributed by atoms with van der Waals surface area (Å²) < 4.78 is 0. The first-order chi connectivity index (χ1) is 18.6. The highest BCUT2D eigenvalue weighted by atomic mass is 35.5. The largest absolute Gasteiger partial charge is 0.340 e. The van der Waals surface area contributed by atoms with Gasteiger partial charge in [0, 0.05) is 53.5 Å². The summed E-state index contributed by atoms with van der Waals surface area (Å²) in [6.45, 7) is 12.3. The van der Waals surface area contributed by atoms with Gasteiger partial charge >= 0.3 is 0 Å². The minimum atomic E-state index is -0.0495. The van der Waals surface area contributed by atoms with Crippen LogP contribution in [0.2, 0.25) is 10.0 Å². The van der Waals surface area contributed by atoms with Crippen molar-refractivity contribution in [3.8, 4) is 0 Å². The molecule has 6 nitrogen and oxygen atoms in total. The number of guanidine groups is 1. The van der Waals surface area contributed by atoms with Crippen molar-refractivity contribution < 1.29 is 4.79 Å². The van der Waals surface area contributed by atoms with Crippen molar-refractivity contribution in [2.24, 2.45) is 28.2 Å². The summed E-state index contributed by atoms with van der Waals surface area (Å²) in [5.74, 6) is 3.03. The second kappa shape index (κ2) is 11.7. The molecule has 8 heteroatoms. The molecule has 1 amide bonds. The molecule has 3 saturated carbocycles. The minimum absolute atomic E-state index is 0.0495. The first-order valence-corrected chi connectivity index (χ1v) is 15.0. The Morgan fingerprint density at radius 3 is 2.44 bits per heavy atom. The molecule has 39 heavy (non-hydrogen) atoms. The molecule has 4 fully saturated rings. The molecule has 4 aliphatic rings. The van der Waals surface area contributed by atoms with E-state index in [1.165, 1.54) is 12.8 Å². The highest BCUT2D eigenvalue weighted by Crippen LogP contribution is 2.61. The summed E-state index contributed by atoms with van der Waals surface area (Å²) in [5.41, 5.74) is 3.10. The van der Waals surface area contributed by atoms with Gasteiger partial charge in [-0.1, -0.05) is 50.0 Å². The SMILES string of the molecule is CC1CN(C(=NC2CC3CC(C2C)C3(C)C)Nc2ccc(NC(=O)CCc3ccc(Cl)cc3Cl)cc2)CCN1. The van der Waals surface area contributed by atoms with Gasteiger partial charge in [-0.2, -0.15) is 0 Å².